The summed E-state index contributed by atoms with van der Waals surface area (Å²) in [5.41, 5.74) is -0.733. The number of likely N-dealkylation sites (tertiary alicyclic amines) is 1. The molecule has 0 saturated carbocycles. The minimum atomic E-state index is -4.25. The lowest BCUT2D eigenvalue weighted by atomic mass is 9.90. The van der Waals surface area contributed by atoms with Crippen molar-refractivity contribution in [3.05, 3.63) is 0 Å². The average molecular weight is 333 g/mol. The first-order chi connectivity index (χ1) is 10.8. The Morgan fingerprint density at radius 3 is 2.65 bits per heavy atom. The first-order valence-corrected chi connectivity index (χ1v) is 8.23. The standard InChI is InChI=1S/C15H22F3N3O2/c1-2-5-14-6-3-7-20(14)13(23)21(12(14)22)11-4-8-19(9-11)10-15(16,17)18/h11H,2-10H2,1H3/t11-,14+/m1/s1. The summed E-state index contributed by atoms with van der Waals surface area (Å²) in [5.74, 6) is -0.194. The largest absolute Gasteiger partial charge is 0.401 e. The molecule has 0 bridgehead atoms. The predicted octanol–water partition coefficient (Wildman–Crippen LogP) is 2.22. The fourth-order valence-electron chi connectivity index (χ4n) is 4.34. The van der Waals surface area contributed by atoms with Gasteiger partial charge in [-0.15, -0.1) is 0 Å². The van der Waals surface area contributed by atoms with Gasteiger partial charge in [-0.25, -0.2) is 4.79 Å². The Labute approximate surface area is 133 Å². The van der Waals surface area contributed by atoms with Gasteiger partial charge >= 0.3 is 12.2 Å². The van der Waals surface area contributed by atoms with Crippen LogP contribution in [0.5, 0.6) is 0 Å². The van der Waals surface area contributed by atoms with E-state index in [9.17, 15) is 22.8 Å². The number of hydrogen-bond acceptors (Lipinski definition) is 3. The Hall–Kier alpha value is -1.31. The van der Waals surface area contributed by atoms with Crippen LogP contribution in [-0.4, -0.2) is 70.6 Å². The molecular formula is C15H22F3N3O2. The summed E-state index contributed by atoms with van der Waals surface area (Å²) in [6.07, 6.45) is -0.917. The molecule has 8 heteroatoms. The van der Waals surface area contributed by atoms with Gasteiger partial charge in [-0.3, -0.25) is 14.6 Å². The van der Waals surface area contributed by atoms with Crippen LogP contribution >= 0.6 is 0 Å². The van der Waals surface area contributed by atoms with Crippen LogP contribution in [-0.2, 0) is 4.79 Å². The van der Waals surface area contributed by atoms with Gasteiger partial charge in [0.15, 0.2) is 0 Å². The fraction of sp³-hybridized carbons (Fsp3) is 0.867. The molecule has 5 nitrogen and oxygen atoms in total. The molecule has 2 atom stereocenters. The molecule has 0 aromatic heterocycles. The molecule has 130 valence electrons. The number of alkyl halides is 3. The zero-order valence-corrected chi connectivity index (χ0v) is 13.2. The number of carbonyl (C=O) groups is 2. The first-order valence-electron chi connectivity index (χ1n) is 8.23. The van der Waals surface area contributed by atoms with E-state index in [-0.39, 0.29) is 25.0 Å². The summed E-state index contributed by atoms with van der Waals surface area (Å²) < 4.78 is 37.6. The van der Waals surface area contributed by atoms with Crippen LogP contribution in [0.3, 0.4) is 0 Å². The van der Waals surface area contributed by atoms with Crippen LogP contribution in [0.25, 0.3) is 0 Å². The summed E-state index contributed by atoms with van der Waals surface area (Å²) in [7, 11) is 0. The van der Waals surface area contributed by atoms with E-state index >= 15 is 0 Å². The van der Waals surface area contributed by atoms with Crippen molar-refractivity contribution in [1.82, 2.24) is 14.7 Å². The number of fused-ring (bicyclic) bond motifs is 1. The number of hydrogen-bond donors (Lipinski definition) is 0. The molecule has 23 heavy (non-hydrogen) atoms. The predicted molar refractivity (Wildman–Crippen MR) is 76.7 cm³/mol. The Bertz CT molecular complexity index is 511. The van der Waals surface area contributed by atoms with E-state index in [4.69, 9.17) is 0 Å². The van der Waals surface area contributed by atoms with E-state index in [0.29, 0.717) is 25.8 Å². The molecule has 0 aromatic rings. The Balaban J connectivity index is 1.74. The van der Waals surface area contributed by atoms with Crippen LogP contribution in [0.2, 0.25) is 0 Å². The number of nitrogens with zero attached hydrogens (tertiary/aromatic N) is 3. The smallest absolute Gasteiger partial charge is 0.310 e. The third-order valence-corrected chi connectivity index (χ3v) is 5.22. The third-order valence-electron chi connectivity index (χ3n) is 5.22. The van der Waals surface area contributed by atoms with Crippen LogP contribution in [0, 0.1) is 0 Å². The lowest BCUT2D eigenvalue weighted by Gasteiger charge is -2.28. The number of rotatable bonds is 4. The van der Waals surface area contributed by atoms with Crippen molar-refractivity contribution in [2.75, 3.05) is 26.2 Å². The topological polar surface area (TPSA) is 43.9 Å². The zero-order chi connectivity index (χ0) is 16.8. The van der Waals surface area contributed by atoms with Crippen LogP contribution in [0.15, 0.2) is 0 Å². The maximum absolute atomic E-state index is 12.9. The monoisotopic (exact) mass is 333 g/mol. The molecule has 0 aliphatic carbocycles. The molecule has 3 amide bonds. The van der Waals surface area contributed by atoms with Crippen LogP contribution in [0.1, 0.15) is 39.0 Å². The van der Waals surface area contributed by atoms with Crippen molar-refractivity contribution in [2.24, 2.45) is 0 Å². The summed E-state index contributed by atoms with van der Waals surface area (Å²) in [6, 6.07) is -0.739. The highest BCUT2D eigenvalue weighted by molar-refractivity contribution is 6.07. The van der Waals surface area contributed by atoms with Crippen molar-refractivity contribution in [1.29, 1.82) is 0 Å². The highest BCUT2D eigenvalue weighted by Gasteiger charge is 2.60. The van der Waals surface area contributed by atoms with Crippen molar-refractivity contribution in [3.8, 4) is 0 Å². The quantitative estimate of drug-likeness (QED) is 0.741. The molecule has 3 aliphatic heterocycles. The summed E-state index contributed by atoms with van der Waals surface area (Å²) in [6.45, 7) is 1.95. The molecule has 0 N–H and O–H groups in total. The fourth-order valence-corrected chi connectivity index (χ4v) is 4.34. The van der Waals surface area contributed by atoms with Crippen LogP contribution < -0.4 is 0 Å². The maximum atomic E-state index is 12.9. The first kappa shape index (κ1) is 16.5. The van der Waals surface area contributed by atoms with E-state index in [1.54, 1.807) is 4.90 Å². The van der Waals surface area contributed by atoms with Gasteiger partial charge in [-0.1, -0.05) is 13.3 Å². The molecular weight excluding hydrogens is 311 g/mol. The van der Waals surface area contributed by atoms with Crippen molar-refractivity contribution in [2.45, 2.75) is 56.8 Å². The molecule has 0 spiro atoms. The van der Waals surface area contributed by atoms with Gasteiger partial charge in [0.25, 0.3) is 5.91 Å². The second-order valence-corrected chi connectivity index (χ2v) is 6.79. The minimum absolute atomic E-state index is 0.118. The number of amides is 3. The number of urea groups is 1. The van der Waals surface area contributed by atoms with E-state index in [1.165, 1.54) is 9.80 Å². The summed E-state index contributed by atoms with van der Waals surface area (Å²) >= 11 is 0. The average Bonchev–Trinajstić information content (AvgIpc) is 3.08. The normalized spacial score (nSPS) is 32.3. The van der Waals surface area contributed by atoms with Gasteiger partial charge in [-0.2, -0.15) is 13.2 Å². The SMILES string of the molecule is CCC[C@@]12CCCN1C(=O)N([C@@H]1CCN(CC(F)(F)F)C1)C2=O. The Kier molecular flexibility index (Phi) is 4.06. The summed E-state index contributed by atoms with van der Waals surface area (Å²) in [5, 5.41) is 0. The van der Waals surface area contributed by atoms with E-state index < -0.39 is 24.3 Å². The van der Waals surface area contributed by atoms with Gasteiger partial charge in [0, 0.05) is 19.6 Å². The zero-order valence-electron chi connectivity index (χ0n) is 13.2. The number of halogens is 3. The third kappa shape index (κ3) is 2.70. The number of imide groups is 1. The molecule has 3 fully saturated rings. The Morgan fingerprint density at radius 2 is 2.00 bits per heavy atom. The van der Waals surface area contributed by atoms with Crippen molar-refractivity contribution < 1.29 is 22.8 Å². The van der Waals surface area contributed by atoms with Gasteiger partial charge in [0.1, 0.15) is 5.54 Å². The molecule has 0 aromatic carbocycles. The van der Waals surface area contributed by atoms with Gasteiger partial charge < -0.3 is 4.90 Å². The minimum Gasteiger partial charge on any atom is -0.310 e. The molecule has 3 rings (SSSR count). The van der Waals surface area contributed by atoms with Gasteiger partial charge in [0.2, 0.25) is 0 Å². The van der Waals surface area contributed by atoms with E-state index in [0.717, 1.165) is 12.8 Å². The van der Waals surface area contributed by atoms with Gasteiger partial charge in [0.05, 0.1) is 12.6 Å². The lowest BCUT2D eigenvalue weighted by molar-refractivity contribution is -0.144. The van der Waals surface area contributed by atoms with Gasteiger partial charge in [-0.05, 0) is 25.7 Å². The van der Waals surface area contributed by atoms with E-state index in [1.807, 2.05) is 6.92 Å². The van der Waals surface area contributed by atoms with Crippen molar-refractivity contribution in [3.63, 3.8) is 0 Å². The second-order valence-electron chi connectivity index (χ2n) is 6.79. The maximum Gasteiger partial charge on any atom is 0.401 e. The molecule has 3 heterocycles. The highest BCUT2D eigenvalue weighted by Crippen LogP contribution is 2.42. The molecule has 0 unspecified atom stereocenters. The number of carbonyl (C=O) groups excluding carboxylic acids is 2. The second kappa shape index (κ2) is 5.65. The highest BCUT2D eigenvalue weighted by atomic mass is 19.4. The van der Waals surface area contributed by atoms with Crippen LogP contribution in [0.4, 0.5) is 18.0 Å². The summed E-state index contributed by atoms with van der Waals surface area (Å²) in [4.78, 5) is 29.7. The van der Waals surface area contributed by atoms with E-state index in [2.05, 4.69) is 0 Å². The lowest BCUT2D eigenvalue weighted by Crippen LogP contribution is -2.47. The molecule has 3 saturated heterocycles. The molecule has 3 aliphatic rings. The van der Waals surface area contributed by atoms with Crippen molar-refractivity contribution >= 4 is 11.9 Å². The molecule has 0 radical (unpaired) electrons. The Morgan fingerprint density at radius 1 is 1.26 bits per heavy atom.